The number of anilines is 2. The average Bonchev–Trinajstić information content (AvgIpc) is 3.17. The van der Waals surface area contributed by atoms with E-state index in [9.17, 15) is 9.18 Å². The maximum Gasteiger partial charge on any atom is 0.225 e. The molecule has 0 unspecified atom stereocenters. The van der Waals surface area contributed by atoms with Crippen molar-refractivity contribution in [3.63, 3.8) is 0 Å². The fourth-order valence-electron chi connectivity index (χ4n) is 4.62. The number of halogens is 1. The van der Waals surface area contributed by atoms with Gasteiger partial charge < -0.3 is 19.5 Å². The number of hydrogen-bond acceptors (Lipinski definition) is 6. The third-order valence-electron chi connectivity index (χ3n) is 6.37. The Morgan fingerprint density at radius 3 is 2.81 bits per heavy atom. The van der Waals surface area contributed by atoms with E-state index in [0.29, 0.717) is 18.6 Å². The van der Waals surface area contributed by atoms with Crippen molar-refractivity contribution in [1.82, 2.24) is 10.1 Å². The third-order valence-corrected chi connectivity index (χ3v) is 6.37. The van der Waals surface area contributed by atoms with Crippen molar-refractivity contribution in [3.05, 3.63) is 47.8 Å². The first kappa shape index (κ1) is 20.8. The molecule has 168 valence electrons. The Balaban J connectivity index is 1.17. The van der Waals surface area contributed by atoms with Crippen molar-refractivity contribution in [2.45, 2.75) is 25.7 Å². The lowest BCUT2D eigenvalue weighted by Gasteiger charge is -2.35. The Labute approximate surface area is 186 Å². The summed E-state index contributed by atoms with van der Waals surface area (Å²) < 4.78 is 24.8. The van der Waals surface area contributed by atoms with E-state index < -0.39 is 0 Å². The second-order valence-electron chi connectivity index (χ2n) is 9.11. The Kier molecular flexibility index (Phi) is 5.25. The zero-order valence-electron chi connectivity index (χ0n) is 18.4. The van der Waals surface area contributed by atoms with Crippen LogP contribution in [0.4, 0.5) is 15.9 Å². The van der Waals surface area contributed by atoms with Crippen molar-refractivity contribution in [1.29, 1.82) is 0 Å². The summed E-state index contributed by atoms with van der Waals surface area (Å²) >= 11 is 0. The van der Waals surface area contributed by atoms with E-state index in [1.54, 1.807) is 6.07 Å². The van der Waals surface area contributed by atoms with Crippen LogP contribution >= 0.6 is 0 Å². The molecule has 5 rings (SSSR count). The molecule has 0 aliphatic carbocycles. The summed E-state index contributed by atoms with van der Waals surface area (Å²) in [5.41, 5.74) is 2.18. The largest absolute Gasteiger partial charge is 0.490 e. The van der Waals surface area contributed by atoms with Gasteiger partial charge in [-0.25, -0.2) is 4.39 Å². The molecular weight excluding hydrogens is 411 g/mol. The molecule has 0 saturated carbocycles. The highest BCUT2D eigenvalue weighted by atomic mass is 19.1. The third kappa shape index (κ3) is 3.90. The number of carbonyl (C=O) groups excluding carboxylic acids is 1. The molecule has 32 heavy (non-hydrogen) atoms. The number of carbonyl (C=O) groups is 1. The Hall–Kier alpha value is -3.13. The van der Waals surface area contributed by atoms with Crippen LogP contribution in [0.1, 0.15) is 25.8 Å². The van der Waals surface area contributed by atoms with E-state index in [1.165, 1.54) is 12.1 Å². The number of para-hydroxylation sites is 1. The molecule has 1 N–H and O–H groups in total. The maximum absolute atomic E-state index is 13.4. The topological polar surface area (TPSA) is 70.8 Å². The van der Waals surface area contributed by atoms with Crippen LogP contribution in [0.15, 0.2) is 40.9 Å². The second-order valence-corrected chi connectivity index (χ2v) is 9.11. The molecule has 1 fully saturated rings. The van der Waals surface area contributed by atoms with Gasteiger partial charge in [-0.1, -0.05) is 31.1 Å². The van der Waals surface area contributed by atoms with Crippen LogP contribution in [-0.4, -0.2) is 55.3 Å². The minimum absolute atomic E-state index is 0.0257. The van der Waals surface area contributed by atoms with Gasteiger partial charge in [-0.2, -0.15) is 0 Å². The highest BCUT2D eigenvalue weighted by Crippen LogP contribution is 2.42. The molecule has 2 aliphatic heterocycles. The molecular formula is C24H27FN4O3. The normalized spacial score (nSPS) is 18.5. The van der Waals surface area contributed by atoms with Gasteiger partial charge in [0.1, 0.15) is 18.2 Å². The van der Waals surface area contributed by atoms with Crippen molar-refractivity contribution in [3.8, 4) is 5.75 Å². The van der Waals surface area contributed by atoms with Gasteiger partial charge >= 0.3 is 0 Å². The summed E-state index contributed by atoms with van der Waals surface area (Å²) in [6, 6.07) is 10.5. The molecule has 0 spiro atoms. The lowest BCUT2D eigenvalue weighted by molar-refractivity contribution is -0.117. The molecule has 2 aromatic carbocycles. The van der Waals surface area contributed by atoms with Gasteiger partial charge in [-0.15, -0.1) is 0 Å². The first-order chi connectivity index (χ1) is 15.4. The first-order valence-corrected chi connectivity index (χ1v) is 11.0. The van der Waals surface area contributed by atoms with Gasteiger partial charge in [0.05, 0.1) is 11.1 Å². The summed E-state index contributed by atoms with van der Waals surface area (Å²) in [6.07, 6.45) is 0.476. The number of fused-ring (bicyclic) bond motifs is 2. The van der Waals surface area contributed by atoms with Gasteiger partial charge in [0.15, 0.2) is 11.4 Å². The van der Waals surface area contributed by atoms with E-state index in [1.807, 2.05) is 12.1 Å². The van der Waals surface area contributed by atoms with Gasteiger partial charge in [0.25, 0.3) is 0 Å². The van der Waals surface area contributed by atoms with E-state index in [-0.39, 0.29) is 17.1 Å². The molecule has 1 saturated heterocycles. The smallest absolute Gasteiger partial charge is 0.225 e. The molecule has 3 heterocycles. The number of hydrogen-bond donors (Lipinski definition) is 1. The van der Waals surface area contributed by atoms with E-state index in [0.717, 1.165) is 60.9 Å². The van der Waals surface area contributed by atoms with Crippen molar-refractivity contribution < 1.29 is 18.4 Å². The lowest BCUT2D eigenvalue weighted by Crippen LogP contribution is -2.47. The average molecular weight is 439 g/mol. The number of rotatable bonds is 5. The molecule has 7 nitrogen and oxygen atoms in total. The van der Waals surface area contributed by atoms with E-state index in [4.69, 9.17) is 9.26 Å². The van der Waals surface area contributed by atoms with E-state index >= 15 is 0 Å². The minimum atomic E-state index is -0.326. The molecule has 3 aromatic rings. The first-order valence-electron chi connectivity index (χ1n) is 11.0. The second kappa shape index (κ2) is 8.09. The van der Waals surface area contributed by atoms with E-state index in [2.05, 4.69) is 40.2 Å². The number of benzene rings is 2. The lowest BCUT2D eigenvalue weighted by atomic mass is 9.78. The van der Waals surface area contributed by atoms with Crippen LogP contribution in [-0.2, 0) is 10.2 Å². The Morgan fingerprint density at radius 2 is 2.00 bits per heavy atom. The number of aromatic nitrogens is 1. The SMILES string of the molecule is CC1(C)CC(=O)Nc2c(OCCN3CCN(c4noc5cc(F)ccc45)CC3)cccc21. The predicted octanol–water partition coefficient (Wildman–Crippen LogP) is 3.79. The van der Waals surface area contributed by atoms with Crippen LogP contribution in [0.2, 0.25) is 0 Å². The van der Waals surface area contributed by atoms with Crippen LogP contribution in [0.5, 0.6) is 5.75 Å². The summed E-state index contributed by atoms with van der Waals surface area (Å²) in [5.74, 6) is 1.19. The fourth-order valence-corrected chi connectivity index (χ4v) is 4.62. The summed E-state index contributed by atoms with van der Waals surface area (Å²) in [5, 5.41) is 7.98. The number of nitrogens with zero attached hydrogens (tertiary/aromatic N) is 3. The van der Waals surface area contributed by atoms with Crippen LogP contribution in [0, 0.1) is 5.82 Å². The Morgan fingerprint density at radius 1 is 1.19 bits per heavy atom. The molecule has 0 radical (unpaired) electrons. The number of piperazine rings is 1. The Bertz CT molecular complexity index is 1150. The van der Waals surface area contributed by atoms with Gasteiger partial charge in [-0.05, 0) is 23.8 Å². The van der Waals surface area contributed by atoms with Gasteiger partial charge in [0, 0.05) is 50.6 Å². The van der Waals surface area contributed by atoms with Crippen molar-refractivity contribution in [2.24, 2.45) is 0 Å². The molecule has 0 atom stereocenters. The monoisotopic (exact) mass is 438 g/mol. The molecule has 1 amide bonds. The quantitative estimate of drug-likeness (QED) is 0.654. The van der Waals surface area contributed by atoms with Gasteiger partial charge in [0.2, 0.25) is 5.91 Å². The highest BCUT2D eigenvalue weighted by molar-refractivity contribution is 5.97. The fraction of sp³-hybridized carbons (Fsp3) is 0.417. The van der Waals surface area contributed by atoms with Gasteiger partial charge in [-0.3, -0.25) is 9.69 Å². The number of ether oxygens (including phenoxy) is 1. The standard InChI is InChI=1S/C24H27FN4O3/c1-24(2)15-21(30)26-22-18(24)4-3-5-19(22)31-13-12-28-8-10-29(11-9-28)23-17-7-6-16(25)14-20(17)32-27-23/h3-7,14H,8-13,15H2,1-2H3,(H,26,30). The summed E-state index contributed by atoms with van der Waals surface area (Å²) in [6.45, 7) is 8.86. The molecule has 2 aliphatic rings. The van der Waals surface area contributed by atoms with Crippen LogP contribution < -0.4 is 15.0 Å². The highest BCUT2D eigenvalue weighted by Gasteiger charge is 2.33. The predicted molar refractivity (Wildman–Crippen MR) is 121 cm³/mol. The minimum Gasteiger partial charge on any atom is -0.490 e. The molecule has 0 bridgehead atoms. The summed E-state index contributed by atoms with van der Waals surface area (Å²) in [7, 11) is 0. The molecule has 8 heteroatoms. The summed E-state index contributed by atoms with van der Waals surface area (Å²) in [4.78, 5) is 16.6. The maximum atomic E-state index is 13.4. The number of amides is 1. The van der Waals surface area contributed by atoms with Crippen LogP contribution in [0.3, 0.4) is 0 Å². The van der Waals surface area contributed by atoms with Crippen molar-refractivity contribution >= 4 is 28.4 Å². The van der Waals surface area contributed by atoms with Crippen LogP contribution in [0.25, 0.3) is 11.0 Å². The molecule has 1 aromatic heterocycles. The number of nitrogens with one attached hydrogen (secondary N) is 1. The van der Waals surface area contributed by atoms with Crippen molar-refractivity contribution in [2.75, 3.05) is 49.5 Å². The zero-order valence-corrected chi connectivity index (χ0v) is 18.4. The zero-order chi connectivity index (χ0) is 22.3.